The van der Waals surface area contributed by atoms with Crippen molar-refractivity contribution in [1.29, 1.82) is 5.26 Å². The fraction of sp³-hybridized carbons (Fsp3) is 0.133. The van der Waals surface area contributed by atoms with Crippen molar-refractivity contribution in [2.45, 2.75) is 6.92 Å². The summed E-state index contributed by atoms with van der Waals surface area (Å²) in [4.78, 5) is 12.5. The summed E-state index contributed by atoms with van der Waals surface area (Å²) in [7, 11) is 1.43. The van der Waals surface area contributed by atoms with Gasteiger partial charge in [-0.25, -0.2) is 5.43 Å². The second-order valence-electron chi connectivity index (χ2n) is 4.66. The Kier molecular flexibility index (Phi) is 5.43. The number of rotatable bonds is 4. The summed E-state index contributed by atoms with van der Waals surface area (Å²) in [5.74, 6) is -0.197. The third kappa shape index (κ3) is 3.50. The van der Waals surface area contributed by atoms with Gasteiger partial charge in [0.1, 0.15) is 15.9 Å². The number of hydrogen-bond acceptors (Lipinski definition) is 7. The predicted molar refractivity (Wildman–Crippen MR) is 95.6 cm³/mol. The van der Waals surface area contributed by atoms with E-state index in [1.54, 1.807) is 19.1 Å². The zero-order valence-corrected chi connectivity index (χ0v) is 15.2. The van der Waals surface area contributed by atoms with E-state index in [1.807, 2.05) is 6.07 Å². The number of nitrogens with zero attached hydrogens (tertiary/aromatic N) is 2. The number of ether oxygens (including phenoxy) is 1. The number of benzene rings is 1. The van der Waals surface area contributed by atoms with E-state index >= 15 is 0 Å². The molecule has 124 valence electrons. The molecule has 0 aliphatic rings. The summed E-state index contributed by atoms with van der Waals surface area (Å²) in [6, 6.07) is 5.16. The lowest BCUT2D eigenvalue weighted by Crippen LogP contribution is -2.17. The molecule has 4 N–H and O–H groups in total. The fourth-order valence-electron chi connectivity index (χ4n) is 1.93. The fourth-order valence-corrected chi connectivity index (χ4v) is 3.31. The molecule has 1 aromatic heterocycles. The number of anilines is 1. The molecule has 0 aliphatic carbocycles. The summed E-state index contributed by atoms with van der Waals surface area (Å²) in [5.41, 5.74) is 9.53. The first kappa shape index (κ1) is 17.8. The second kappa shape index (κ2) is 7.33. The highest BCUT2D eigenvalue weighted by atomic mass is 79.9. The van der Waals surface area contributed by atoms with E-state index in [4.69, 9.17) is 15.7 Å². The van der Waals surface area contributed by atoms with Gasteiger partial charge in [0, 0.05) is 0 Å². The van der Waals surface area contributed by atoms with Gasteiger partial charge >= 0.3 is 0 Å². The van der Waals surface area contributed by atoms with Gasteiger partial charge in [0.2, 0.25) is 0 Å². The van der Waals surface area contributed by atoms with Crippen LogP contribution in [0.2, 0.25) is 0 Å². The maximum absolute atomic E-state index is 12.1. The number of carbonyl (C=O) groups excluding carboxylic acids is 1. The van der Waals surface area contributed by atoms with Crippen LogP contribution < -0.4 is 15.9 Å². The Hall–Kier alpha value is -2.57. The molecule has 7 nitrogen and oxygen atoms in total. The van der Waals surface area contributed by atoms with Crippen molar-refractivity contribution in [3.05, 3.63) is 38.2 Å². The van der Waals surface area contributed by atoms with Gasteiger partial charge in [0.25, 0.3) is 5.91 Å². The van der Waals surface area contributed by atoms with Gasteiger partial charge in [0.05, 0.1) is 23.4 Å². The number of thiophene rings is 1. The minimum absolute atomic E-state index is 0.0209. The first-order valence-electron chi connectivity index (χ1n) is 6.57. The molecule has 0 unspecified atom stereocenters. The number of hydrogen-bond donors (Lipinski definition) is 3. The number of phenols is 1. The Balaban J connectivity index is 2.16. The molecule has 2 rings (SSSR count). The number of aromatic hydroxyl groups is 1. The highest BCUT2D eigenvalue weighted by Crippen LogP contribution is 2.34. The van der Waals surface area contributed by atoms with Crippen molar-refractivity contribution in [2.75, 3.05) is 12.8 Å². The summed E-state index contributed by atoms with van der Waals surface area (Å²) < 4.78 is 5.48. The molecule has 0 radical (unpaired) electrons. The highest BCUT2D eigenvalue weighted by molar-refractivity contribution is 9.10. The normalized spacial score (nSPS) is 10.6. The minimum Gasteiger partial charge on any atom is -0.503 e. The Morgan fingerprint density at radius 2 is 2.29 bits per heavy atom. The molecular weight excluding hydrogens is 396 g/mol. The second-order valence-corrected chi connectivity index (χ2v) is 6.57. The van der Waals surface area contributed by atoms with E-state index in [1.165, 1.54) is 13.3 Å². The lowest BCUT2D eigenvalue weighted by Gasteiger charge is -2.06. The van der Waals surface area contributed by atoms with Crippen LogP contribution in [-0.4, -0.2) is 24.3 Å². The Bertz CT molecular complexity index is 871. The van der Waals surface area contributed by atoms with Crippen molar-refractivity contribution < 1.29 is 14.6 Å². The van der Waals surface area contributed by atoms with Crippen molar-refractivity contribution in [1.82, 2.24) is 5.43 Å². The van der Waals surface area contributed by atoms with Gasteiger partial charge in [-0.15, -0.1) is 11.3 Å². The number of nitriles is 1. The van der Waals surface area contributed by atoms with Crippen LogP contribution in [0.3, 0.4) is 0 Å². The van der Waals surface area contributed by atoms with Crippen LogP contribution in [0.1, 0.15) is 26.4 Å². The summed E-state index contributed by atoms with van der Waals surface area (Å²) >= 11 is 4.24. The number of nitrogens with one attached hydrogen (secondary N) is 1. The number of amides is 1. The summed E-state index contributed by atoms with van der Waals surface area (Å²) in [6.45, 7) is 1.66. The van der Waals surface area contributed by atoms with E-state index < -0.39 is 5.91 Å². The standard InChI is InChI=1S/C15H13BrN4O3S/c1-7-9(5-17)14(18)24-13(7)15(22)20-19-6-8-3-10(16)12(21)11(4-8)23-2/h3-4,6,21H,18H2,1-2H3,(H,20,22)/b19-6+. The van der Waals surface area contributed by atoms with Crippen LogP contribution in [0, 0.1) is 18.3 Å². The summed E-state index contributed by atoms with van der Waals surface area (Å²) in [5, 5.41) is 22.9. The molecule has 0 atom stereocenters. The lowest BCUT2D eigenvalue weighted by molar-refractivity contribution is 0.0958. The average molecular weight is 409 g/mol. The maximum atomic E-state index is 12.1. The minimum atomic E-state index is -0.452. The van der Waals surface area contributed by atoms with E-state index in [0.29, 0.717) is 31.0 Å². The molecule has 1 heterocycles. The Morgan fingerprint density at radius 1 is 1.58 bits per heavy atom. The largest absolute Gasteiger partial charge is 0.503 e. The topological polar surface area (TPSA) is 121 Å². The molecule has 2 aromatic rings. The van der Waals surface area contributed by atoms with Crippen LogP contribution in [-0.2, 0) is 0 Å². The van der Waals surface area contributed by atoms with Gasteiger partial charge < -0.3 is 15.6 Å². The molecule has 0 saturated heterocycles. The number of hydrazone groups is 1. The van der Waals surface area contributed by atoms with Gasteiger partial charge in [0.15, 0.2) is 11.5 Å². The molecule has 0 aliphatic heterocycles. The number of carbonyl (C=O) groups is 1. The van der Waals surface area contributed by atoms with Crippen LogP contribution >= 0.6 is 27.3 Å². The molecule has 24 heavy (non-hydrogen) atoms. The Morgan fingerprint density at radius 3 is 2.88 bits per heavy atom. The number of nitrogen functional groups attached to an aromatic ring is 1. The average Bonchev–Trinajstić information content (AvgIpc) is 2.84. The van der Waals surface area contributed by atoms with Gasteiger partial charge in [-0.1, -0.05) is 0 Å². The van der Waals surface area contributed by atoms with Gasteiger partial charge in [-0.3, -0.25) is 4.79 Å². The molecule has 9 heteroatoms. The molecule has 0 bridgehead atoms. The quantitative estimate of drug-likeness (QED) is 0.530. The van der Waals surface area contributed by atoms with Gasteiger partial charge in [-0.05, 0) is 46.1 Å². The first-order valence-corrected chi connectivity index (χ1v) is 8.18. The third-order valence-corrected chi connectivity index (χ3v) is 4.87. The van der Waals surface area contributed by atoms with Crippen LogP contribution in [0.15, 0.2) is 21.7 Å². The molecule has 1 amide bonds. The Labute approximate surface area is 150 Å². The van der Waals surface area contributed by atoms with Crippen molar-refractivity contribution in [2.24, 2.45) is 5.10 Å². The summed E-state index contributed by atoms with van der Waals surface area (Å²) in [6.07, 6.45) is 1.40. The number of phenolic OH excluding ortho intramolecular Hbond substituents is 1. The van der Waals surface area contributed by atoms with E-state index in [-0.39, 0.29) is 11.5 Å². The lowest BCUT2D eigenvalue weighted by atomic mass is 10.2. The molecular formula is C15H13BrN4O3S. The van der Waals surface area contributed by atoms with E-state index in [0.717, 1.165) is 11.3 Å². The van der Waals surface area contributed by atoms with Crippen molar-refractivity contribution >= 4 is 44.4 Å². The molecule has 0 saturated carbocycles. The number of nitrogens with two attached hydrogens (primary N) is 1. The highest BCUT2D eigenvalue weighted by Gasteiger charge is 2.18. The van der Waals surface area contributed by atoms with E-state index in [2.05, 4.69) is 26.5 Å². The smallest absolute Gasteiger partial charge is 0.281 e. The van der Waals surface area contributed by atoms with Crippen molar-refractivity contribution in [3.8, 4) is 17.6 Å². The molecule has 0 fully saturated rings. The SMILES string of the molecule is COc1cc(/C=N/NC(=O)c2sc(N)c(C#N)c2C)cc(Br)c1O. The maximum Gasteiger partial charge on any atom is 0.281 e. The van der Waals surface area contributed by atoms with Crippen LogP contribution in [0.25, 0.3) is 0 Å². The van der Waals surface area contributed by atoms with E-state index in [9.17, 15) is 9.90 Å². The zero-order valence-electron chi connectivity index (χ0n) is 12.8. The number of methoxy groups -OCH3 is 1. The molecule has 1 aromatic carbocycles. The first-order chi connectivity index (χ1) is 11.4. The number of halogens is 1. The predicted octanol–water partition coefficient (Wildman–Crippen LogP) is 2.75. The third-order valence-electron chi connectivity index (χ3n) is 3.14. The van der Waals surface area contributed by atoms with Crippen LogP contribution in [0.4, 0.5) is 5.00 Å². The van der Waals surface area contributed by atoms with Crippen LogP contribution in [0.5, 0.6) is 11.5 Å². The monoisotopic (exact) mass is 408 g/mol. The zero-order chi connectivity index (χ0) is 17.9. The van der Waals surface area contributed by atoms with Gasteiger partial charge in [-0.2, -0.15) is 10.4 Å². The van der Waals surface area contributed by atoms with Crippen molar-refractivity contribution in [3.63, 3.8) is 0 Å². The molecule has 0 spiro atoms.